The largest absolute Gasteiger partial charge is 0.396 e. The molecule has 0 bridgehead atoms. The summed E-state index contributed by atoms with van der Waals surface area (Å²) in [5, 5.41) is 8.16. The number of aliphatic hydroxyl groups excluding tert-OH is 1. The fourth-order valence-corrected chi connectivity index (χ4v) is 0.788. The quantitative estimate of drug-likeness (QED) is 0.420. The van der Waals surface area contributed by atoms with Crippen molar-refractivity contribution in [3.63, 3.8) is 0 Å². The zero-order chi connectivity index (χ0) is 7.33. The Morgan fingerprint density at radius 1 is 1.44 bits per heavy atom. The van der Waals surface area contributed by atoms with E-state index in [2.05, 4.69) is 0 Å². The van der Waals surface area contributed by atoms with Crippen LogP contribution in [0.3, 0.4) is 0 Å². The van der Waals surface area contributed by atoms with Crippen molar-refractivity contribution in [2.24, 2.45) is 0 Å². The molecule has 0 spiro atoms. The number of unbranched alkanes of at least 4 members (excludes halogenated alkanes) is 1. The standard InChI is InChI=1S/C4H9O4S/c5-3-1-2-4-9(6,7)8/h2,5H,1,3-4H2,(H,6,7,8). The molecule has 0 saturated carbocycles. The van der Waals surface area contributed by atoms with Gasteiger partial charge in [-0.3, -0.25) is 4.55 Å². The van der Waals surface area contributed by atoms with Gasteiger partial charge < -0.3 is 5.11 Å². The van der Waals surface area contributed by atoms with Crippen molar-refractivity contribution in [1.82, 2.24) is 0 Å². The third kappa shape index (κ3) is 7.87. The summed E-state index contributed by atoms with van der Waals surface area (Å²) in [6, 6.07) is 0. The van der Waals surface area contributed by atoms with E-state index in [1.54, 1.807) is 0 Å². The van der Waals surface area contributed by atoms with Crippen LogP contribution in [-0.4, -0.2) is 30.4 Å². The molecule has 0 unspecified atom stereocenters. The Balaban J connectivity index is 3.30. The summed E-state index contributed by atoms with van der Waals surface area (Å²) >= 11 is 0. The highest BCUT2D eigenvalue weighted by Gasteiger charge is 2.01. The number of hydrogen-bond donors (Lipinski definition) is 2. The zero-order valence-electron chi connectivity index (χ0n) is 4.82. The van der Waals surface area contributed by atoms with Gasteiger partial charge in [0.25, 0.3) is 10.1 Å². The van der Waals surface area contributed by atoms with E-state index >= 15 is 0 Å². The smallest absolute Gasteiger partial charge is 0.265 e. The fraction of sp³-hybridized carbons (Fsp3) is 0.750. The average Bonchev–Trinajstić information content (AvgIpc) is 1.63. The number of rotatable bonds is 4. The van der Waals surface area contributed by atoms with Gasteiger partial charge in [0.2, 0.25) is 0 Å². The van der Waals surface area contributed by atoms with E-state index in [1.807, 2.05) is 0 Å². The second-order valence-electron chi connectivity index (χ2n) is 1.55. The Kier molecular flexibility index (Phi) is 3.76. The first-order valence-electron chi connectivity index (χ1n) is 2.44. The topological polar surface area (TPSA) is 74.6 Å². The summed E-state index contributed by atoms with van der Waals surface area (Å²) < 4.78 is 28.0. The molecule has 0 aliphatic heterocycles. The molecule has 55 valence electrons. The molecular weight excluding hydrogens is 144 g/mol. The molecule has 0 rings (SSSR count). The lowest BCUT2D eigenvalue weighted by atomic mass is 10.4. The summed E-state index contributed by atoms with van der Waals surface area (Å²) in [6.45, 7) is -0.0878. The van der Waals surface area contributed by atoms with E-state index in [9.17, 15) is 8.42 Å². The predicted molar refractivity (Wildman–Crippen MR) is 32.4 cm³/mol. The van der Waals surface area contributed by atoms with Crippen LogP contribution in [0.15, 0.2) is 0 Å². The summed E-state index contributed by atoms with van der Waals surface area (Å²) in [7, 11) is -3.86. The minimum Gasteiger partial charge on any atom is -0.396 e. The summed E-state index contributed by atoms with van der Waals surface area (Å²) in [5.74, 6) is -0.381. The van der Waals surface area contributed by atoms with E-state index < -0.39 is 10.1 Å². The Bertz CT molecular complexity index is 148. The Hall–Kier alpha value is -0.130. The summed E-state index contributed by atoms with van der Waals surface area (Å²) in [4.78, 5) is 0. The van der Waals surface area contributed by atoms with Crippen molar-refractivity contribution in [2.45, 2.75) is 6.42 Å². The lowest BCUT2D eigenvalue weighted by Gasteiger charge is -1.92. The minimum atomic E-state index is -3.86. The van der Waals surface area contributed by atoms with Crippen LogP contribution in [0.25, 0.3) is 0 Å². The molecule has 1 radical (unpaired) electrons. The van der Waals surface area contributed by atoms with Gasteiger partial charge in [0.1, 0.15) is 0 Å². The SMILES string of the molecule is O=S(=O)(O)C[CH]CCO. The van der Waals surface area contributed by atoms with E-state index in [-0.39, 0.29) is 12.4 Å². The van der Waals surface area contributed by atoms with Crippen LogP contribution in [0.1, 0.15) is 6.42 Å². The predicted octanol–water partition coefficient (Wildman–Crippen LogP) is -0.539. The fourth-order valence-electron chi connectivity index (χ4n) is 0.324. The molecule has 0 aliphatic rings. The van der Waals surface area contributed by atoms with E-state index in [0.29, 0.717) is 6.42 Å². The van der Waals surface area contributed by atoms with Gasteiger partial charge in [0.15, 0.2) is 0 Å². The van der Waals surface area contributed by atoms with E-state index in [4.69, 9.17) is 9.66 Å². The van der Waals surface area contributed by atoms with Crippen LogP contribution in [0, 0.1) is 6.42 Å². The zero-order valence-corrected chi connectivity index (χ0v) is 5.63. The molecule has 2 N–H and O–H groups in total. The molecule has 0 amide bonds. The average molecular weight is 153 g/mol. The molecule has 0 fully saturated rings. The number of hydrogen-bond acceptors (Lipinski definition) is 3. The molecule has 0 heterocycles. The van der Waals surface area contributed by atoms with Crippen LogP contribution in [-0.2, 0) is 10.1 Å². The second-order valence-corrected chi connectivity index (χ2v) is 3.05. The van der Waals surface area contributed by atoms with Crippen molar-refractivity contribution in [3.05, 3.63) is 6.42 Å². The van der Waals surface area contributed by atoms with Gasteiger partial charge in [0, 0.05) is 6.61 Å². The first-order chi connectivity index (χ1) is 4.06. The third-order valence-electron chi connectivity index (χ3n) is 0.662. The van der Waals surface area contributed by atoms with Gasteiger partial charge in [-0.1, -0.05) is 0 Å². The summed E-state index contributed by atoms with van der Waals surface area (Å²) in [6.07, 6.45) is 1.59. The highest BCUT2D eigenvalue weighted by molar-refractivity contribution is 7.85. The van der Waals surface area contributed by atoms with Gasteiger partial charge in [0.05, 0.1) is 5.75 Å². The summed E-state index contributed by atoms with van der Waals surface area (Å²) in [5.41, 5.74) is 0. The van der Waals surface area contributed by atoms with Crippen LogP contribution >= 0.6 is 0 Å². The molecular formula is C4H9O4S. The van der Waals surface area contributed by atoms with Gasteiger partial charge in [-0.05, 0) is 12.8 Å². The maximum atomic E-state index is 9.95. The highest BCUT2D eigenvalue weighted by atomic mass is 32.2. The van der Waals surface area contributed by atoms with E-state index in [0.717, 1.165) is 0 Å². The monoisotopic (exact) mass is 153 g/mol. The first kappa shape index (κ1) is 8.87. The maximum absolute atomic E-state index is 9.95. The third-order valence-corrected chi connectivity index (χ3v) is 1.32. The maximum Gasteiger partial charge on any atom is 0.265 e. The molecule has 0 aromatic rings. The van der Waals surface area contributed by atoms with Gasteiger partial charge in [-0.2, -0.15) is 8.42 Å². The Labute approximate surface area is 54.3 Å². The van der Waals surface area contributed by atoms with Crippen LogP contribution in [0.4, 0.5) is 0 Å². The second kappa shape index (κ2) is 3.81. The molecule has 0 aromatic heterocycles. The van der Waals surface area contributed by atoms with Crippen molar-refractivity contribution in [1.29, 1.82) is 0 Å². The molecule has 0 atom stereocenters. The molecule has 5 heteroatoms. The van der Waals surface area contributed by atoms with Crippen molar-refractivity contribution in [3.8, 4) is 0 Å². The van der Waals surface area contributed by atoms with Crippen molar-refractivity contribution in [2.75, 3.05) is 12.4 Å². The Morgan fingerprint density at radius 3 is 2.33 bits per heavy atom. The van der Waals surface area contributed by atoms with Crippen LogP contribution in [0.5, 0.6) is 0 Å². The normalized spacial score (nSPS) is 11.8. The Morgan fingerprint density at radius 2 is 2.00 bits per heavy atom. The van der Waals surface area contributed by atoms with Crippen molar-refractivity contribution < 1.29 is 18.1 Å². The van der Waals surface area contributed by atoms with Gasteiger partial charge >= 0.3 is 0 Å². The minimum absolute atomic E-state index is 0.0878. The van der Waals surface area contributed by atoms with Gasteiger partial charge in [-0.25, -0.2) is 0 Å². The lowest BCUT2D eigenvalue weighted by Crippen LogP contribution is -2.04. The van der Waals surface area contributed by atoms with Crippen LogP contribution in [0.2, 0.25) is 0 Å². The lowest BCUT2D eigenvalue weighted by molar-refractivity contribution is 0.298. The highest BCUT2D eigenvalue weighted by Crippen LogP contribution is 1.89. The molecule has 0 aromatic carbocycles. The molecule has 0 saturated heterocycles. The van der Waals surface area contributed by atoms with Crippen molar-refractivity contribution >= 4 is 10.1 Å². The molecule has 0 aliphatic carbocycles. The molecule has 9 heavy (non-hydrogen) atoms. The van der Waals surface area contributed by atoms with Crippen LogP contribution < -0.4 is 0 Å². The first-order valence-corrected chi connectivity index (χ1v) is 4.05. The number of aliphatic hydroxyl groups is 1. The van der Waals surface area contributed by atoms with E-state index in [1.165, 1.54) is 6.42 Å². The molecule has 4 nitrogen and oxygen atoms in total. The van der Waals surface area contributed by atoms with Gasteiger partial charge in [-0.15, -0.1) is 0 Å².